The highest BCUT2D eigenvalue weighted by atomic mass is 32.2. The lowest BCUT2D eigenvalue weighted by Gasteiger charge is -2.09. The number of nitrogens with two attached hydrogens (primary N) is 1. The monoisotopic (exact) mass is 317 g/mol. The molecule has 22 heavy (non-hydrogen) atoms. The Hall–Kier alpha value is -2.45. The van der Waals surface area contributed by atoms with Crippen LogP contribution in [0.25, 0.3) is 5.65 Å². The summed E-state index contributed by atoms with van der Waals surface area (Å²) in [7, 11) is -3.66. The first kappa shape index (κ1) is 14.5. The quantitative estimate of drug-likeness (QED) is 0.755. The van der Waals surface area contributed by atoms with Crippen molar-refractivity contribution in [3.63, 3.8) is 0 Å². The number of primary sulfonamides is 1. The number of nitrogens with zero attached hydrogens (tertiary/aromatic N) is 3. The van der Waals surface area contributed by atoms with E-state index in [1.165, 1.54) is 12.1 Å². The zero-order chi connectivity index (χ0) is 15.7. The molecule has 7 nitrogen and oxygen atoms in total. The van der Waals surface area contributed by atoms with Gasteiger partial charge in [-0.25, -0.2) is 18.5 Å². The lowest BCUT2D eigenvalue weighted by molar-refractivity contribution is 0.598. The fourth-order valence-electron chi connectivity index (χ4n) is 2.15. The van der Waals surface area contributed by atoms with E-state index in [9.17, 15) is 8.42 Å². The fourth-order valence-corrected chi connectivity index (χ4v) is 2.67. The number of aryl methyl sites for hydroxylation is 1. The van der Waals surface area contributed by atoms with Crippen LogP contribution in [-0.2, 0) is 16.6 Å². The van der Waals surface area contributed by atoms with Crippen LogP contribution >= 0.6 is 0 Å². The molecule has 0 fully saturated rings. The molecule has 3 aromatic rings. The molecule has 2 heterocycles. The number of nitrogens with one attached hydrogen (secondary N) is 1. The summed E-state index contributed by atoms with van der Waals surface area (Å²) in [6, 6.07) is 10.2. The number of aromatic nitrogens is 3. The van der Waals surface area contributed by atoms with E-state index in [1.54, 1.807) is 22.8 Å². The summed E-state index contributed by atoms with van der Waals surface area (Å²) in [5.41, 5.74) is 2.59. The SMILES string of the molecule is Cc1cc(NCc2ccc(S(N)(=O)=O)cc2)n2nccc2n1. The van der Waals surface area contributed by atoms with E-state index in [-0.39, 0.29) is 4.90 Å². The normalized spacial score (nSPS) is 11.7. The number of fused-ring (bicyclic) bond motifs is 1. The first-order valence-corrected chi connectivity index (χ1v) is 8.15. The highest BCUT2D eigenvalue weighted by molar-refractivity contribution is 7.89. The third-order valence-corrected chi connectivity index (χ3v) is 4.14. The summed E-state index contributed by atoms with van der Waals surface area (Å²) >= 11 is 0. The van der Waals surface area contributed by atoms with Crippen LogP contribution in [0.1, 0.15) is 11.3 Å². The molecule has 0 aliphatic carbocycles. The molecule has 0 saturated heterocycles. The average Bonchev–Trinajstić information content (AvgIpc) is 2.92. The molecule has 0 atom stereocenters. The summed E-state index contributed by atoms with van der Waals surface area (Å²) in [6.45, 7) is 2.45. The smallest absolute Gasteiger partial charge is 0.238 e. The van der Waals surface area contributed by atoms with Crippen molar-refractivity contribution in [2.24, 2.45) is 5.14 Å². The second-order valence-corrected chi connectivity index (χ2v) is 6.49. The van der Waals surface area contributed by atoms with Crippen LogP contribution in [0.2, 0.25) is 0 Å². The third-order valence-electron chi connectivity index (χ3n) is 3.21. The Kier molecular flexibility index (Phi) is 3.55. The minimum Gasteiger partial charge on any atom is -0.366 e. The summed E-state index contributed by atoms with van der Waals surface area (Å²) in [6.07, 6.45) is 1.69. The largest absolute Gasteiger partial charge is 0.366 e. The molecule has 0 aliphatic rings. The van der Waals surface area contributed by atoms with E-state index in [1.807, 2.05) is 19.1 Å². The van der Waals surface area contributed by atoms with Crippen LogP contribution in [0.4, 0.5) is 5.82 Å². The maximum Gasteiger partial charge on any atom is 0.238 e. The summed E-state index contributed by atoms with van der Waals surface area (Å²) in [5.74, 6) is 0.822. The molecule has 3 N–H and O–H groups in total. The second kappa shape index (κ2) is 5.39. The maximum absolute atomic E-state index is 11.2. The van der Waals surface area contributed by atoms with E-state index < -0.39 is 10.0 Å². The van der Waals surface area contributed by atoms with Gasteiger partial charge in [0.25, 0.3) is 0 Å². The summed E-state index contributed by atoms with van der Waals surface area (Å²) in [4.78, 5) is 4.47. The van der Waals surface area contributed by atoms with Gasteiger partial charge in [0, 0.05) is 24.4 Å². The number of hydrogen-bond donors (Lipinski definition) is 2. The molecule has 0 amide bonds. The number of benzene rings is 1. The number of anilines is 1. The van der Waals surface area contributed by atoms with Gasteiger partial charge in [0.1, 0.15) is 5.82 Å². The van der Waals surface area contributed by atoms with E-state index in [0.29, 0.717) is 6.54 Å². The van der Waals surface area contributed by atoms with Crippen molar-refractivity contribution in [3.8, 4) is 0 Å². The van der Waals surface area contributed by atoms with Crippen molar-refractivity contribution in [2.75, 3.05) is 5.32 Å². The number of sulfonamides is 1. The molecule has 0 radical (unpaired) electrons. The topological polar surface area (TPSA) is 102 Å². The van der Waals surface area contributed by atoms with Gasteiger partial charge in [0.05, 0.1) is 11.1 Å². The molecular weight excluding hydrogens is 302 g/mol. The van der Waals surface area contributed by atoms with Gasteiger partial charge in [-0.2, -0.15) is 9.61 Å². The van der Waals surface area contributed by atoms with Gasteiger partial charge in [-0.3, -0.25) is 0 Å². The minimum atomic E-state index is -3.66. The van der Waals surface area contributed by atoms with Crippen molar-refractivity contribution in [3.05, 3.63) is 53.9 Å². The molecule has 8 heteroatoms. The van der Waals surface area contributed by atoms with Crippen molar-refractivity contribution < 1.29 is 8.42 Å². The van der Waals surface area contributed by atoms with Gasteiger partial charge < -0.3 is 5.32 Å². The lowest BCUT2D eigenvalue weighted by Crippen LogP contribution is -2.12. The van der Waals surface area contributed by atoms with Gasteiger partial charge in [-0.1, -0.05) is 12.1 Å². The molecule has 0 saturated carbocycles. The first-order chi connectivity index (χ1) is 10.4. The molecule has 0 unspecified atom stereocenters. The minimum absolute atomic E-state index is 0.102. The highest BCUT2D eigenvalue weighted by Gasteiger charge is 2.07. The lowest BCUT2D eigenvalue weighted by atomic mass is 10.2. The van der Waals surface area contributed by atoms with Gasteiger partial charge in [-0.15, -0.1) is 0 Å². The standard InChI is InChI=1S/C14H15N5O2S/c1-10-8-14(19-13(18-10)6-7-17-19)16-9-11-2-4-12(5-3-11)22(15,20)21/h2-8,16H,9H2,1H3,(H2,15,20,21). The zero-order valence-corrected chi connectivity index (χ0v) is 12.7. The van der Waals surface area contributed by atoms with Crippen molar-refractivity contribution >= 4 is 21.5 Å². The predicted molar refractivity (Wildman–Crippen MR) is 82.9 cm³/mol. The van der Waals surface area contributed by atoms with Crippen LogP contribution in [0, 0.1) is 6.92 Å². The zero-order valence-electron chi connectivity index (χ0n) is 11.9. The molecule has 0 bridgehead atoms. The molecular formula is C14H15N5O2S. The number of hydrogen-bond acceptors (Lipinski definition) is 5. The molecule has 114 valence electrons. The Bertz CT molecular complexity index is 916. The van der Waals surface area contributed by atoms with Gasteiger partial charge >= 0.3 is 0 Å². The van der Waals surface area contributed by atoms with Gasteiger partial charge in [0.15, 0.2) is 5.65 Å². The van der Waals surface area contributed by atoms with E-state index in [0.717, 1.165) is 22.7 Å². The predicted octanol–water partition coefficient (Wildman–Crippen LogP) is 1.30. The Balaban J connectivity index is 1.81. The fraction of sp³-hybridized carbons (Fsp3) is 0.143. The highest BCUT2D eigenvalue weighted by Crippen LogP contribution is 2.14. The Morgan fingerprint density at radius 2 is 1.95 bits per heavy atom. The summed E-state index contributed by atoms with van der Waals surface area (Å²) < 4.78 is 24.2. The number of rotatable bonds is 4. The Morgan fingerprint density at radius 1 is 1.23 bits per heavy atom. The second-order valence-electron chi connectivity index (χ2n) is 4.93. The van der Waals surface area contributed by atoms with Crippen molar-refractivity contribution in [2.45, 2.75) is 18.4 Å². The molecule has 3 rings (SSSR count). The van der Waals surface area contributed by atoms with Crippen LogP contribution in [0.5, 0.6) is 0 Å². The van der Waals surface area contributed by atoms with Gasteiger partial charge in [-0.05, 0) is 24.6 Å². The molecule has 1 aromatic carbocycles. The van der Waals surface area contributed by atoms with E-state index >= 15 is 0 Å². The van der Waals surface area contributed by atoms with Crippen LogP contribution < -0.4 is 10.5 Å². The third kappa shape index (κ3) is 2.92. The van der Waals surface area contributed by atoms with Crippen LogP contribution in [-0.4, -0.2) is 23.0 Å². The maximum atomic E-state index is 11.2. The van der Waals surface area contributed by atoms with Crippen LogP contribution in [0.15, 0.2) is 47.5 Å². The van der Waals surface area contributed by atoms with E-state index in [4.69, 9.17) is 5.14 Å². The molecule has 2 aromatic heterocycles. The van der Waals surface area contributed by atoms with Crippen molar-refractivity contribution in [1.82, 2.24) is 14.6 Å². The molecule has 0 spiro atoms. The summed E-state index contributed by atoms with van der Waals surface area (Å²) in [5, 5.41) is 12.6. The Labute approximate surface area is 127 Å². The first-order valence-electron chi connectivity index (χ1n) is 6.60. The van der Waals surface area contributed by atoms with E-state index in [2.05, 4.69) is 15.4 Å². The van der Waals surface area contributed by atoms with Crippen LogP contribution in [0.3, 0.4) is 0 Å². The van der Waals surface area contributed by atoms with Gasteiger partial charge in [0.2, 0.25) is 10.0 Å². The Morgan fingerprint density at radius 3 is 2.64 bits per heavy atom. The van der Waals surface area contributed by atoms with Crippen molar-refractivity contribution in [1.29, 1.82) is 0 Å². The average molecular weight is 317 g/mol. The molecule has 0 aliphatic heterocycles.